The molecule has 0 aliphatic rings. The summed E-state index contributed by atoms with van der Waals surface area (Å²) in [5, 5.41) is 11.4. The summed E-state index contributed by atoms with van der Waals surface area (Å²) in [7, 11) is 0. The van der Waals surface area contributed by atoms with Gasteiger partial charge in [-0.05, 0) is 12.2 Å². The van der Waals surface area contributed by atoms with Crippen LogP contribution >= 0.6 is 11.8 Å². The second-order valence-electron chi connectivity index (χ2n) is 5.85. The van der Waals surface area contributed by atoms with Gasteiger partial charge in [-0.1, -0.05) is 64.7 Å². The Morgan fingerprint density at radius 3 is 1.91 bits per heavy atom. The van der Waals surface area contributed by atoms with E-state index in [0.29, 0.717) is 5.75 Å². The van der Waals surface area contributed by atoms with Crippen LogP contribution in [-0.4, -0.2) is 34.5 Å². The number of carbonyl (C=O) groups excluding carboxylic acids is 1. The van der Waals surface area contributed by atoms with Crippen LogP contribution in [0.1, 0.15) is 78.1 Å². The van der Waals surface area contributed by atoms with Crippen LogP contribution < -0.4 is 5.32 Å². The van der Waals surface area contributed by atoms with Gasteiger partial charge in [-0.15, -0.1) is 0 Å². The van der Waals surface area contributed by atoms with Crippen molar-refractivity contribution in [2.75, 3.05) is 11.5 Å². The second kappa shape index (κ2) is 15.2. The van der Waals surface area contributed by atoms with Gasteiger partial charge < -0.3 is 10.4 Å². The number of carboxylic acid groups (broad SMARTS) is 1. The molecule has 0 aromatic heterocycles. The first kappa shape index (κ1) is 21.3. The Morgan fingerprint density at radius 2 is 1.45 bits per heavy atom. The van der Waals surface area contributed by atoms with Gasteiger partial charge in [-0.25, -0.2) is 4.79 Å². The lowest BCUT2D eigenvalue weighted by molar-refractivity contribution is -0.140. The zero-order valence-electron chi connectivity index (χ0n) is 14.2. The molecule has 4 nitrogen and oxygen atoms in total. The number of carbonyl (C=O) groups is 2. The number of rotatable bonds is 15. The number of amides is 1. The van der Waals surface area contributed by atoms with Gasteiger partial charge in [0.2, 0.25) is 5.91 Å². The van der Waals surface area contributed by atoms with Gasteiger partial charge in [0.1, 0.15) is 6.04 Å². The molecule has 0 aliphatic carbocycles. The number of hydrogen-bond donors (Lipinski definition) is 2. The minimum absolute atomic E-state index is 0.285. The molecular weight excluding hydrogens is 298 g/mol. The van der Waals surface area contributed by atoms with Gasteiger partial charge in [-0.2, -0.15) is 11.8 Å². The molecule has 0 aromatic rings. The first-order valence-electron chi connectivity index (χ1n) is 8.65. The molecule has 0 saturated heterocycles. The molecule has 5 heteroatoms. The van der Waals surface area contributed by atoms with E-state index in [0.717, 1.165) is 12.2 Å². The predicted molar refractivity (Wildman–Crippen MR) is 94.4 cm³/mol. The van der Waals surface area contributed by atoms with Gasteiger partial charge >= 0.3 is 5.97 Å². The van der Waals surface area contributed by atoms with Crippen molar-refractivity contribution in [2.45, 2.75) is 84.1 Å². The van der Waals surface area contributed by atoms with Crippen LogP contribution in [-0.2, 0) is 9.59 Å². The second-order valence-corrected chi connectivity index (χ2v) is 7.00. The molecule has 0 radical (unpaired) electrons. The van der Waals surface area contributed by atoms with E-state index >= 15 is 0 Å². The molecule has 0 bridgehead atoms. The fraction of sp³-hybridized carbons (Fsp3) is 0.882. The van der Waals surface area contributed by atoms with Crippen molar-refractivity contribution in [1.82, 2.24) is 5.32 Å². The summed E-state index contributed by atoms with van der Waals surface area (Å²) in [4.78, 5) is 21.8. The molecule has 0 fully saturated rings. The van der Waals surface area contributed by atoms with Gasteiger partial charge in [-0.3, -0.25) is 4.79 Å². The van der Waals surface area contributed by atoms with Crippen molar-refractivity contribution in [1.29, 1.82) is 0 Å². The Labute approximate surface area is 139 Å². The average Bonchev–Trinajstić information content (AvgIpc) is 2.46. The molecule has 0 spiro atoms. The summed E-state index contributed by atoms with van der Waals surface area (Å²) in [5.41, 5.74) is 0. The fourth-order valence-electron chi connectivity index (χ4n) is 2.31. The number of unbranched alkanes of at least 4 members (excludes halogenated alkanes) is 9. The fourth-order valence-corrected chi connectivity index (χ4v) is 3.35. The minimum atomic E-state index is -0.953. The topological polar surface area (TPSA) is 66.4 Å². The molecule has 0 aromatic carbocycles. The highest BCUT2D eigenvalue weighted by atomic mass is 32.2. The van der Waals surface area contributed by atoms with E-state index in [-0.39, 0.29) is 5.91 Å². The summed E-state index contributed by atoms with van der Waals surface area (Å²) < 4.78 is 0. The molecule has 0 heterocycles. The third-order valence-electron chi connectivity index (χ3n) is 3.60. The zero-order chi connectivity index (χ0) is 16.6. The predicted octanol–water partition coefficient (Wildman–Crippen LogP) is 4.23. The molecule has 2 N–H and O–H groups in total. The monoisotopic (exact) mass is 331 g/mol. The normalized spacial score (nSPS) is 12.1. The average molecular weight is 332 g/mol. The maximum absolute atomic E-state index is 10.9. The quantitative estimate of drug-likeness (QED) is 0.441. The van der Waals surface area contributed by atoms with Gasteiger partial charge in [0, 0.05) is 12.7 Å². The van der Waals surface area contributed by atoms with E-state index < -0.39 is 12.0 Å². The lowest BCUT2D eigenvalue weighted by Crippen LogP contribution is -2.41. The SMILES string of the molecule is CCCCCCCCCCCCSCC(NC(C)=O)C(=O)O. The number of thioether (sulfide) groups is 1. The molecule has 0 saturated carbocycles. The van der Waals surface area contributed by atoms with E-state index in [1.165, 1.54) is 64.7 Å². The third kappa shape index (κ3) is 14.2. The molecule has 0 rings (SSSR count). The Kier molecular flexibility index (Phi) is 14.7. The van der Waals surface area contributed by atoms with Gasteiger partial charge in [0.15, 0.2) is 0 Å². The van der Waals surface area contributed by atoms with Crippen molar-refractivity contribution in [3.8, 4) is 0 Å². The summed E-state index contributed by atoms with van der Waals surface area (Å²) in [6.45, 7) is 3.59. The molecule has 1 atom stereocenters. The molecule has 0 aliphatic heterocycles. The molecule has 22 heavy (non-hydrogen) atoms. The number of nitrogens with one attached hydrogen (secondary N) is 1. The third-order valence-corrected chi connectivity index (χ3v) is 4.75. The van der Waals surface area contributed by atoms with Gasteiger partial charge in [0.05, 0.1) is 0 Å². The summed E-state index contributed by atoms with van der Waals surface area (Å²) >= 11 is 1.61. The number of hydrogen-bond acceptors (Lipinski definition) is 3. The highest BCUT2D eigenvalue weighted by molar-refractivity contribution is 7.99. The Bertz CT molecular complexity index is 298. The lowest BCUT2D eigenvalue weighted by atomic mass is 10.1. The molecule has 130 valence electrons. The summed E-state index contributed by atoms with van der Waals surface area (Å²) in [5.74, 6) is 0.185. The van der Waals surface area contributed by atoms with Crippen LogP contribution in [0.4, 0.5) is 0 Å². The lowest BCUT2D eigenvalue weighted by Gasteiger charge is -2.12. The smallest absolute Gasteiger partial charge is 0.327 e. The Morgan fingerprint density at radius 1 is 0.955 bits per heavy atom. The van der Waals surface area contributed by atoms with Crippen molar-refractivity contribution in [3.05, 3.63) is 0 Å². The minimum Gasteiger partial charge on any atom is -0.480 e. The highest BCUT2D eigenvalue weighted by Gasteiger charge is 2.17. The van der Waals surface area contributed by atoms with E-state index in [9.17, 15) is 9.59 Å². The number of carboxylic acids is 1. The van der Waals surface area contributed by atoms with E-state index in [4.69, 9.17) is 5.11 Å². The van der Waals surface area contributed by atoms with Gasteiger partial charge in [0.25, 0.3) is 0 Å². The van der Waals surface area contributed by atoms with Crippen molar-refractivity contribution in [3.63, 3.8) is 0 Å². The highest BCUT2D eigenvalue weighted by Crippen LogP contribution is 2.13. The Hall–Kier alpha value is -0.710. The Balaban J connectivity index is 3.35. The van der Waals surface area contributed by atoms with Crippen molar-refractivity contribution in [2.24, 2.45) is 0 Å². The standard InChI is InChI=1S/C17H33NO3S/c1-3-4-5-6-7-8-9-10-11-12-13-22-14-16(17(20)21)18-15(2)19/h16H,3-14H2,1-2H3,(H,18,19)(H,20,21). The molecule has 1 amide bonds. The first-order valence-corrected chi connectivity index (χ1v) is 9.81. The largest absolute Gasteiger partial charge is 0.480 e. The number of aliphatic carboxylic acids is 1. The van der Waals surface area contributed by atoms with Crippen LogP contribution in [0.15, 0.2) is 0 Å². The van der Waals surface area contributed by atoms with E-state index in [1.54, 1.807) is 11.8 Å². The van der Waals surface area contributed by atoms with E-state index in [2.05, 4.69) is 12.2 Å². The van der Waals surface area contributed by atoms with Crippen LogP contribution in [0.25, 0.3) is 0 Å². The van der Waals surface area contributed by atoms with Crippen molar-refractivity contribution < 1.29 is 14.7 Å². The maximum atomic E-state index is 10.9. The van der Waals surface area contributed by atoms with Crippen LogP contribution in [0.5, 0.6) is 0 Å². The molecule has 1 unspecified atom stereocenters. The zero-order valence-corrected chi connectivity index (χ0v) is 15.1. The summed E-state index contributed by atoms with van der Waals surface area (Å²) in [6.07, 6.45) is 13.1. The first-order chi connectivity index (χ1) is 10.6. The van der Waals surface area contributed by atoms with E-state index in [1.807, 2.05) is 0 Å². The summed E-state index contributed by atoms with van der Waals surface area (Å²) in [6, 6.07) is -0.759. The van der Waals surface area contributed by atoms with Crippen LogP contribution in [0.3, 0.4) is 0 Å². The van der Waals surface area contributed by atoms with Crippen molar-refractivity contribution >= 4 is 23.6 Å². The van der Waals surface area contributed by atoms with Crippen LogP contribution in [0.2, 0.25) is 0 Å². The van der Waals surface area contributed by atoms with Crippen LogP contribution in [0, 0.1) is 0 Å². The maximum Gasteiger partial charge on any atom is 0.327 e. The molecular formula is C17H33NO3S.